The summed E-state index contributed by atoms with van der Waals surface area (Å²) in [4.78, 5) is 29.9. The Morgan fingerprint density at radius 1 is 1.19 bits per heavy atom. The molecule has 3 aromatic rings. The molecule has 2 aromatic carbocycles. The molecule has 4 rings (SSSR count). The van der Waals surface area contributed by atoms with Crippen molar-refractivity contribution in [3.63, 3.8) is 0 Å². The smallest absolute Gasteiger partial charge is 0.282 e. The van der Waals surface area contributed by atoms with Crippen molar-refractivity contribution in [2.24, 2.45) is 7.05 Å². The van der Waals surface area contributed by atoms with Gasteiger partial charge in [0.05, 0.1) is 17.1 Å². The zero-order valence-corrected chi connectivity index (χ0v) is 15.5. The van der Waals surface area contributed by atoms with E-state index in [-0.39, 0.29) is 11.7 Å². The predicted molar refractivity (Wildman–Crippen MR) is 103 cm³/mol. The molecule has 6 nitrogen and oxygen atoms in total. The number of aryl methyl sites for hydroxylation is 1. The van der Waals surface area contributed by atoms with Crippen molar-refractivity contribution in [3.8, 4) is 5.75 Å². The second-order valence-corrected chi connectivity index (χ2v) is 7.44. The quantitative estimate of drug-likeness (QED) is 0.760. The van der Waals surface area contributed by atoms with Crippen LogP contribution in [0.4, 0.5) is 0 Å². The molecule has 0 radical (unpaired) electrons. The summed E-state index contributed by atoms with van der Waals surface area (Å²) in [5.74, 6) is 0.275. The molecule has 2 heterocycles. The Hall–Kier alpha value is -3.15. The van der Waals surface area contributed by atoms with Crippen LogP contribution in [0.2, 0.25) is 0 Å². The van der Waals surface area contributed by atoms with Gasteiger partial charge >= 0.3 is 0 Å². The van der Waals surface area contributed by atoms with Crippen LogP contribution in [-0.2, 0) is 7.05 Å². The lowest BCUT2D eigenvalue weighted by atomic mass is 9.89. The molecule has 6 heteroatoms. The number of rotatable bonds is 2. The zero-order chi connectivity index (χ0) is 19.2. The first-order valence-electron chi connectivity index (χ1n) is 8.90. The van der Waals surface area contributed by atoms with E-state index < -0.39 is 17.1 Å². The van der Waals surface area contributed by atoms with Gasteiger partial charge in [-0.3, -0.25) is 9.59 Å². The maximum atomic E-state index is 12.9. The molecule has 1 amide bonds. The highest BCUT2D eigenvalue weighted by molar-refractivity contribution is 5.94. The van der Waals surface area contributed by atoms with Crippen LogP contribution in [0, 0.1) is 0 Å². The van der Waals surface area contributed by atoms with E-state index in [4.69, 9.17) is 4.74 Å². The standard InChI is InChI=1S/C21H21N3O3/c1-21(2)12-15(13-8-4-7-11-17(13)27-21)23-19(25)18-20(26)24(3)16-10-6-5-9-14(16)22-18/h4-11,15H,12H2,1-3H3,(H,23,25)/t15-/m1/s1. The minimum absolute atomic E-state index is 0.0991. The van der Waals surface area contributed by atoms with E-state index in [0.29, 0.717) is 17.5 Å². The Morgan fingerprint density at radius 2 is 1.89 bits per heavy atom. The Kier molecular flexibility index (Phi) is 3.98. The van der Waals surface area contributed by atoms with Crippen molar-refractivity contribution in [2.45, 2.75) is 31.9 Å². The SMILES string of the molecule is Cn1c(=O)c(C(=O)N[C@@H]2CC(C)(C)Oc3ccccc32)nc2ccccc21. The number of hydrogen-bond acceptors (Lipinski definition) is 4. The van der Waals surface area contributed by atoms with Crippen molar-refractivity contribution in [1.29, 1.82) is 0 Å². The van der Waals surface area contributed by atoms with E-state index in [0.717, 1.165) is 11.3 Å². The molecule has 1 atom stereocenters. The summed E-state index contributed by atoms with van der Waals surface area (Å²) >= 11 is 0. The first-order chi connectivity index (χ1) is 12.9. The lowest BCUT2D eigenvalue weighted by Crippen LogP contribution is -2.43. The van der Waals surface area contributed by atoms with Crippen molar-refractivity contribution in [3.05, 3.63) is 70.1 Å². The molecule has 0 saturated heterocycles. The first-order valence-corrected chi connectivity index (χ1v) is 8.90. The average molecular weight is 363 g/mol. The summed E-state index contributed by atoms with van der Waals surface area (Å²) in [6.07, 6.45) is 0.601. The average Bonchev–Trinajstić information content (AvgIpc) is 2.63. The Balaban J connectivity index is 1.72. The summed E-state index contributed by atoms with van der Waals surface area (Å²) in [5, 5.41) is 2.98. The number of aromatic nitrogens is 2. The lowest BCUT2D eigenvalue weighted by Gasteiger charge is -2.37. The van der Waals surface area contributed by atoms with Crippen molar-refractivity contribution >= 4 is 16.9 Å². The maximum Gasteiger partial charge on any atom is 0.282 e. The van der Waals surface area contributed by atoms with Crippen molar-refractivity contribution < 1.29 is 9.53 Å². The molecular weight excluding hydrogens is 342 g/mol. The number of fused-ring (bicyclic) bond motifs is 2. The van der Waals surface area contributed by atoms with Crippen LogP contribution in [0.15, 0.2) is 53.3 Å². The molecule has 0 fully saturated rings. The van der Waals surface area contributed by atoms with Gasteiger partial charge in [-0.15, -0.1) is 0 Å². The summed E-state index contributed by atoms with van der Waals surface area (Å²) in [5.41, 5.74) is 1.27. The molecule has 1 N–H and O–H groups in total. The fourth-order valence-corrected chi connectivity index (χ4v) is 3.58. The third-order valence-corrected chi connectivity index (χ3v) is 4.88. The highest BCUT2D eigenvalue weighted by Gasteiger charge is 2.35. The number of nitrogens with zero attached hydrogens (tertiary/aromatic N) is 2. The Labute approximate surface area is 156 Å². The number of nitrogens with one attached hydrogen (secondary N) is 1. The van der Waals surface area contributed by atoms with Crippen LogP contribution in [0.5, 0.6) is 5.75 Å². The third kappa shape index (κ3) is 3.07. The topological polar surface area (TPSA) is 73.2 Å². The molecule has 0 bridgehead atoms. The van der Waals surface area contributed by atoms with Gasteiger partial charge in [0, 0.05) is 19.0 Å². The van der Waals surface area contributed by atoms with Gasteiger partial charge in [0.1, 0.15) is 11.4 Å². The second kappa shape index (κ2) is 6.23. The van der Waals surface area contributed by atoms with E-state index in [1.54, 1.807) is 13.1 Å². The van der Waals surface area contributed by atoms with E-state index in [2.05, 4.69) is 10.3 Å². The second-order valence-electron chi connectivity index (χ2n) is 7.44. The largest absolute Gasteiger partial charge is 0.487 e. The van der Waals surface area contributed by atoms with Gasteiger partial charge in [0.15, 0.2) is 5.69 Å². The van der Waals surface area contributed by atoms with Crippen LogP contribution in [-0.4, -0.2) is 21.1 Å². The molecule has 27 heavy (non-hydrogen) atoms. The zero-order valence-electron chi connectivity index (χ0n) is 15.5. The van der Waals surface area contributed by atoms with E-state index in [9.17, 15) is 9.59 Å². The summed E-state index contributed by atoms with van der Waals surface area (Å²) in [6, 6.07) is 14.6. The summed E-state index contributed by atoms with van der Waals surface area (Å²) in [6.45, 7) is 3.96. The minimum atomic E-state index is -0.473. The van der Waals surface area contributed by atoms with Gasteiger partial charge in [-0.05, 0) is 32.0 Å². The molecule has 0 unspecified atom stereocenters. The highest BCUT2D eigenvalue weighted by atomic mass is 16.5. The van der Waals surface area contributed by atoms with E-state index >= 15 is 0 Å². The van der Waals surface area contributed by atoms with Crippen LogP contribution in [0.25, 0.3) is 11.0 Å². The van der Waals surface area contributed by atoms with Crippen LogP contribution >= 0.6 is 0 Å². The number of benzene rings is 2. The molecular formula is C21H21N3O3. The van der Waals surface area contributed by atoms with E-state index in [1.807, 2.05) is 56.3 Å². The van der Waals surface area contributed by atoms with Gasteiger partial charge in [-0.25, -0.2) is 4.98 Å². The van der Waals surface area contributed by atoms with Crippen molar-refractivity contribution in [1.82, 2.24) is 14.9 Å². The molecule has 1 aliphatic rings. The fraction of sp³-hybridized carbons (Fsp3) is 0.286. The number of ether oxygens (including phenoxy) is 1. The molecule has 0 aliphatic carbocycles. The van der Waals surface area contributed by atoms with Crippen molar-refractivity contribution in [2.75, 3.05) is 0 Å². The number of carbonyl (C=O) groups is 1. The van der Waals surface area contributed by atoms with Gasteiger partial charge in [0.25, 0.3) is 11.5 Å². The van der Waals surface area contributed by atoms with Gasteiger partial charge in [-0.1, -0.05) is 30.3 Å². The number of amides is 1. The summed E-state index contributed by atoms with van der Waals surface area (Å²) < 4.78 is 7.46. The van der Waals surface area contributed by atoms with Gasteiger partial charge < -0.3 is 14.6 Å². The van der Waals surface area contributed by atoms with Gasteiger partial charge in [0.2, 0.25) is 0 Å². The van der Waals surface area contributed by atoms with Crippen LogP contribution < -0.4 is 15.6 Å². The number of hydrogen-bond donors (Lipinski definition) is 1. The molecule has 1 aromatic heterocycles. The third-order valence-electron chi connectivity index (χ3n) is 4.88. The van der Waals surface area contributed by atoms with Crippen LogP contribution in [0.1, 0.15) is 42.4 Å². The lowest BCUT2D eigenvalue weighted by molar-refractivity contribution is 0.0617. The van der Waals surface area contributed by atoms with Crippen LogP contribution in [0.3, 0.4) is 0 Å². The predicted octanol–water partition coefficient (Wildman–Crippen LogP) is 2.97. The molecule has 0 spiro atoms. The normalized spacial score (nSPS) is 17.8. The molecule has 138 valence electrons. The first kappa shape index (κ1) is 17.3. The Bertz CT molecular complexity index is 1100. The molecule has 1 aliphatic heterocycles. The number of para-hydroxylation sites is 3. The minimum Gasteiger partial charge on any atom is -0.487 e. The Morgan fingerprint density at radius 3 is 2.70 bits per heavy atom. The van der Waals surface area contributed by atoms with E-state index in [1.165, 1.54) is 4.57 Å². The summed E-state index contributed by atoms with van der Waals surface area (Å²) in [7, 11) is 1.65. The fourth-order valence-electron chi connectivity index (χ4n) is 3.58. The molecule has 0 saturated carbocycles. The highest BCUT2D eigenvalue weighted by Crippen LogP contribution is 2.39. The van der Waals surface area contributed by atoms with Gasteiger partial charge in [-0.2, -0.15) is 0 Å². The maximum absolute atomic E-state index is 12.9. The monoisotopic (exact) mass is 363 g/mol. The number of carbonyl (C=O) groups excluding carboxylic acids is 1.